The summed E-state index contributed by atoms with van der Waals surface area (Å²) in [6.45, 7) is 9.94. The maximum absolute atomic E-state index is 12.9. The lowest BCUT2D eigenvalue weighted by atomic mass is 9.96. The maximum Gasteiger partial charge on any atom is 0.252 e. The van der Waals surface area contributed by atoms with Gasteiger partial charge in [-0.2, -0.15) is 0 Å². The topological polar surface area (TPSA) is 62.7 Å². The van der Waals surface area contributed by atoms with Gasteiger partial charge in [-0.15, -0.1) is 0 Å². The summed E-state index contributed by atoms with van der Waals surface area (Å²) in [5.74, 6) is 0.173. The number of carbonyl (C=O) groups excluding carboxylic acids is 2. The zero-order valence-electron chi connectivity index (χ0n) is 20.3. The van der Waals surface area contributed by atoms with Crippen LogP contribution < -0.4 is 0 Å². The minimum atomic E-state index is -0.266. The highest BCUT2D eigenvalue weighted by atomic mass is 35.5. The molecule has 3 heterocycles. The van der Waals surface area contributed by atoms with Crippen LogP contribution >= 0.6 is 11.6 Å². The summed E-state index contributed by atoms with van der Waals surface area (Å²) in [6, 6.07) is 7.79. The molecule has 34 heavy (non-hydrogen) atoms. The lowest BCUT2D eigenvalue weighted by Crippen LogP contribution is -2.55. The van der Waals surface area contributed by atoms with Crippen LogP contribution in [0.5, 0.6) is 0 Å². The number of hydrogen-bond donors (Lipinski definition) is 0. The number of pyridine rings is 1. The minimum Gasteiger partial charge on any atom is -0.368 e. The molecule has 1 aromatic heterocycles. The molecule has 2 aliphatic rings. The zero-order valence-corrected chi connectivity index (χ0v) is 21.1. The molecule has 1 amide bonds. The summed E-state index contributed by atoms with van der Waals surface area (Å²) in [7, 11) is 0. The molecule has 0 aliphatic carbocycles. The number of aromatic nitrogens is 1. The van der Waals surface area contributed by atoms with Crippen molar-refractivity contribution < 1.29 is 14.3 Å². The van der Waals surface area contributed by atoms with Crippen LogP contribution in [0.4, 0.5) is 0 Å². The molecule has 0 radical (unpaired) electrons. The number of benzene rings is 1. The van der Waals surface area contributed by atoms with E-state index in [4.69, 9.17) is 16.3 Å². The van der Waals surface area contributed by atoms with E-state index in [0.29, 0.717) is 30.2 Å². The maximum atomic E-state index is 12.9. The molecule has 2 saturated heterocycles. The second-order valence-corrected chi connectivity index (χ2v) is 9.89. The van der Waals surface area contributed by atoms with Crippen LogP contribution in [0.3, 0.4) is 0 Å². The predicted octanol–water partition coefficient (Wildman–Crippen LogP) is 4.24. The fourth-order valence-electron chi connectivity index (χ4n) is 4.92. The van der Waals surface area contributed by atoms with Gasteiger partial charge in [0.15, 0.2) is 5.78 Å². The average molecular weight is 484 g/mol. The fourth-order valence-corrected chi connectivity index (χ4v) is 5.18. The summed E-state index contributed by atoms with van der Waals surface area (Å²) in [5, 5.41) is 0.642. The quantitative estimate of drug-likeness (QED) is 0.551. The van der Waals surface area contributed by atoms with Gasteiger partial charge < -0.3 is 9.64 Å². The van der Waals surface area contributed by atoms with E-state index in [1.54, 1.807) is 6.20 Å². The number of nitrogens with zero attached hydrogens (tertiary/aromatic N) is 3. The molecule has 2 aromatic rings. The Morgan fingerprint density at radius 3 is 2.65 bits per heavy atom. The van der Waals surface area contributed by atoms with Gasteiger partial charge in [-0.3, -0.25) is 19.5 Å². The Morgan fingerprint density at radius 2 is 2.00 bits per heavy atom. The molecule has 6 nitrogen and oxygen atoms in total. The Balaban J connectivity index is 1.41. The van der Waals surface area contributed by atoms with Crippen LogP contribution in [0.15, 0.2) is 30.5 Å². The smallest absolute Gasteiger partial charge is 0.252 e. The molecular weight excluding hydrogens is 450 g/mol. The van der Waals surface area contributed by atoms with E-state index in [2.05, 4.69) is 23.7 Å². The third-order valence-electron chi connectivity index (χ3n) is 7.04. The van der Waals surface area contributed by atoms with E-state index >= 15 is 0 Å². The molecule has 0 bridgehead atoms. The van der Waals surface area contributed by atoms with Crippen LogP contribution in [0.2, 0.25) is 5.02 Å². The first-order chi connectivity index (χ1) is 16.4. The molecular formula is C27H34ClN3O3. The average Bonchev–Trinajstić information content (AvgIpc) is 3.37. The summed E-state index contributed by atoms with van der Waals surface area (Å²) < 4.78 is 5.61. The van der Waals surface area contributed by atoms with Gasteiger partial charge in [0.2, 0.25) is 0 Å². The Bertz CT molecular complexity index is 1030. The Labute approximate surface area is 207 Å². The molecule has 1 aromatic carbocycles. The van der Waals surface area contributed by atoms with Gasteiger partial charge in [-0.1, -0.05) is 18.5 Å². The molecule has 2 fully saturated rings. The lowest BCUT2D eigenvalue weighted by molar-refractivity contribution is -0.145. The van der Waals surface area contributed by atoms with Gasteiger partial charge in [0.05, 0.1) is 0 Å². The number of Topliss-reactive ketones (excluding diaryl/α,β-unsaturated/α-hetero) is 1. The molecule has 4 rings (SSSR count). The van der Waals surface area contributed by atoms with Gasteiger partial charge in [0, 0.05) is 67.7 Å². The number of amides is 1. The molecule has 182 valence electrons. The highest BCUT2D eigenvalue weighted by Crippen LogP contribution is 2.25. The van der Waals surface area contributed by atoms with Crippen LogP contribution in [0, 0.1) is 6.92 Å². The first kappa shape index (κ1) is 24.8. The molecule has 7 heteroatoms. The summed E-state index contributed by atoms with van der Waals surface area (Å²) in [5.41, 5.74) is 4.78. The van der Waals surface area contributed by atoms with E-state index in [-0.39, 0.29) is 23.8 Å². The van der Waals surface area contributed by atoms with Crippen molar-refractivity contribution in [3.8, 4) is 0 Å². The molecule has 0 saturated carbocycles. The van der Waals surface area contributed by atoms with Crippen LogP contribution in [-0.4, -0.2) is 64.9 Å². The van der Waals surface area contributed by atoms with E-state index in [1.807, 2.05) is 36.1 Å². The van der Waals surface area contributed by atoms with Crippen LogP contribution in [0.25, 0.3) is 0 Å². The monoisotopic (exact) mass is 483 g/mol. The molecule has 0 N–H and O–H groups in total. The van der Waals surface area contributed by atoms with E-state index in [1.165, 1.54) is 0 Å². The SMILES string of the molecule is CCc1ccc(C(=O)Cc2cc(Cl)cc(CN3CCN(C(=O)[C@@H]4CCCO4)[C@@H](C)C3)c2C)cn1. The number of ether oxygens (including phenoxy) is 1. The van der Waals surface area contributed by atoms with E-state index < -0.39 is 0 Å². The third-order valence-corrected chi connectivity index (χ3v) is 7.26. The largest absolute Gasteiger partial charge is 0.368 e. The van der Waals surface area contributed by atoms with Crippen molar-refractivity contribution in [2.45, 2.75) is 65.1 Å². The standard InChI is InChI=1S/C27H34ClN3O3/c1-4-24-8-7-20(15-29-24)25(32)14-21-12-23(28)13-22(19(21)3)17-30-9-10-31(18(2)16-30)27(33)26-6-5-11-34-26/h7-8,12-13,15,18,26H,4-6,9-11,14,16-17H2,1-3H3/t18-,26-/m0/s1. The Hall–Kier alpha value is -2.28. The number of piperazine rings is 1. The van der Waals surface area contributed by atoms with Gasteiger partial charge in [0.1, 0.15) is 6.10 Å². The number of aryl methyl sites for hydroxylation is 1. The molecule has 2 atom stereocenters. The van der Waals surface area contributed by atoms with Gasteiger partial charge in [0.25, 0.3) is 5.91 Å². The number of rotatable bonds is 7. The van der Waals surface area contributed by atoms with Crippen molar-refractivity contribution in [3.05, 3.63) is 63.4 Å². The summed E-state index contributed by atoms with van der Waals surface area (Å²) >= 11 is 6.47. The lowest BCUT2D eigenvalue weighted by Gasteiger charge is -2.41. The van der Waals surface area contributed by atoms with Gasteiger partial charge in [-0.05, 0) is 74.1 Å². The van der Waals surface area contributed by atoms with Crippen molar-refractivity contribution in [1.29, 1.82) is 0 Å². The zero-order chi connectivity index (χ0) is 24.2. The van der Waals surface area contributed by atoms with Gasteiger partial charge >= 0.3 is 0 Å². The minimum absolute atomic E-state index is 0.0429. The van der Waals surface area contributed by atoms with Crippen molar-refractivity contribution in [2.75, 3.05) is 26.2 Å². The van der Waals surface area contributed by atoms with Crippen molar-refractivity contribution in [2.24, 2.45) is 0 Å². The highest BCUT2D eigenvalue weighted by Gasteiger charge is 2.34. The molecule has 0 unspecified atom stereocenters. The fraction of sp³-hybridized carbons (Fsp3) is 0.519. The number of hydrogen-bond acceptors (Lipinski definition) is 5. The van der Waals surface area contributed by atoms with Crippen molar-refractivity contribution in [3.63, 3.8) is 0 Å². The van der Waals surface area contributed by atoms with Crippen molar-refractivity contribution >= 4 is 23.3 Å². The number of carbonyl (C=O) groups is 2. The second-order valence-electron chi connectivity index (χ2n) is 9.46. The molecule has 2 aliphatic heterocycles. The summed E-state index contributed by atoms with van der Waals surface area (Å²) in [6.07, 6.45) is 4.34. The third kappa shape index (κ3) is 5.68. The Morgan fingerprint density at radius 1 is 1.21 bits per heavy atom. The predicted molar refractivity (Wildman–Crippen MR) is 133 cm³/mol. The highest BCUT2D eigenvalue weighted by molar-refractivity contribution is 6.30. The number of ketones is 1. The van der Waals surface area contributed by atoms with E-state index in [9.17, 15) is 9.59 Å². The van der Waals surface area contributed by atoms with Crippen molar-refractivity contribution in [1.82, 2.24) is 14.8 Å². The first-order valence-electron chi connectivity index (χ1n) is 12.3. The Kier molecular flexibility index (Phi) is 8.02. The van der Waals surface area contributed by atoms with Crippen LogP contribution in [-0.2, 0) is 28.9 Å². The second kappa shape index (κ2) is 11.0. The molecule has 0 spiro atoms. The normalized spacial score (nSPS) is 21.1. The van der Waals surface area contributed by atoms with Crippen LogP contribution in [0.1, 0.15) is 59.4 Å². The van der Waals surface area contributed by atoms with Gasteiger partial charge in [-0.25, -0.2) is 0 Å². The summed E-state index contributed by atoms with van der Waals surface area (Å²) in [4.78, 5) is 34.4. The first-order valence-corrected chi connectivity index (χ1v) is 12.6. The number of halogens is 1. The van der Waals surface area contributed by atoms with E-state index in [0.717, 1.165) is 61.3 Å².